The zero-order valence-electron chi connectivity index (χ0n) is 9.08. The van der Waals surface area contributed by atoms with Crippen LogP contribution in [0.5, 0.6) is 0 Å². The van der Waals surface area contributed by atoms with Gasteiger partial charge in [0.05, 0.1) is 0 Å². The minimum absolute atomic E-state index is 0.446. The van der Waals surface area contributed by atoms with Crippen molar-refractivity contribution < 1.29 is 0 Å². The SMILES string of the molecule is CCc1nc(Br)cc(N(C)C(C)C)n1. The molecular formula is C10H16BrN3. The van der Waals surface area contributed by atoms with Gasteiger partial charge in [-0.15, -0.1) is 0 Å². The van der Waals surface area contributed by atoms with Crippen LogP contribution in [0.3, 0.4) is 0 Å². The van der Waals surface area contributed by atoms with Crippen molar-refractivity contribution >= 4 is 21.7 Å². The van der Waals surface area contributed by atoms with Crippen LogP contribution in [0.15, 0.2) is 10.7 Å². The molecule has 0 aliphatic heterocycles. The summed E-state index contributed by atoms with van der Waals surface area (Å²) in [6, 6.07) is 2.39. The maximum atomic E-state index is 4.46. The van der Waals surface area contributed by atoms with Gasteiger partial charge in [0.25, 0.3) is 0 Å². The second-order valence-corrected chi connectivity index (χ2v) is 4.34. The number of nitrogens with zero attached hydrogens (tertiary/aromatic N) is 3. The van der Waals surface area contributed by atoms with Crippen molar-refractivity contribution in [1.82, 2.24) is 9.97 Å². The third-order valence-corrected chi connectivity index (χ3v) is 2.59. The highest BCUT2D eigenvalue weighted by Crippen LogP contribution is 2.17. The molecule has 0 unspecified atom stereocenters. The first-order valence-corrected chi connectivity index (χ1v) is 5.60. The number of aryl methyl sites for hydroxylation is 1. The topological polar surface area (TPSA) is 29.0 Å². The van der Waals surface area contributed by atoms with Crippen LogP contribution in [0, 0.1) is 0 Å². The monoisotopic (exact) mass is 257 g/mol. The molecule has 0 bridgehead atoms. The Morgan fingerprint density at radius 3 is 2.57 bits per heavy atom. The maximum absolute atomic E-state index is 4.46. The number of hydrogen-bond donors (Lipinski definition) is 0. The Morgan fingerprint density at radius 1 is 1.43 bits per heavy atom. The van der Waals surface area contributed by atoms with Crippen LogP contribution in [0.2, 0.25) is 0 Å². The van der Waals surface area contributed by atoms with E-state index in [9.17, 15) is 0 Å². The zero-order chi connectivity index (χ0) is 10.7. The van der Waals surface area contributed by atoms with E-state index >= 15 is 0 Å². The predicted octanol–water partition coefficient (Wildman–Crippen LogP) is 2.65. The van der Waals surface area contributed by atoms with Crippen LogP contribution in [0.1, 0.15) is 26.6 Å². The van der Waals surface area contributed by atoms with Gasteiger partial charge in [0.2, 0.25) is 0 Å². The summed E-state index contributed by atoms with van der Waals surface area (Å²) in [6.07, 6.45) is 0.859. The van der Waals surface area contributed by atoms with Gasteiger partial charge in [-0.2, -0.15) is 0 Å². The normalized spacial score (nSPS) is 10.7. The third-order valence-electron chi connectivity index (χ3n) is 2.18. The Morgan fingerprint density at radius 2 is 2.07 bits per heavy atom. The molecule has 1 rings (SSSR count). The molecule has 0 amide bonds. The standard InChI is InChI=1S/C10H16BrN3/c1-5-9-12-8(11)6-10(13-9)14(4)7(2)3/h6-7H,5H2,1-4H3. The van der Waals surface area contributed by atoms with Gasteiger partial charge in [-0.1, -0.05) is 6.92 Å². The quantitative estimate of drug-likeness (QED) is 0.780. The molecule has 0 N–H and O–H groups in total. The van der Waals surface area contributed by atoms with Crippen molar-refractivity contribution in [2.45, 2.75) is 33.2 Å². The average Bonchev–Trinajstić information content (AvgIpc) is 2.15. The summed E-state index contributed by atoms with van der Waals surface area (Å²) in [5.74, 6) is 1.85. The highest BCUT2D eigenvalue weighted by Gasteiger charge is 2.08. The molecular weight excluding hydrogens is 242 g/mol. The molecule has 14 heavy (non-hydrogen) atoms. The average molecular weight is 258 g/mol. The Bertz CT molecular complexity index is 312. The third kappa shape index (κ3) is 2.67. The lowest BCUT2D eigenvalue weighted by Crippen LogP contribution is -2.27. The molecule has 1 aromatic heterocycles. The molecule has 0 radical (unpaired) electrons. The maximum Gasteiger partial charge on any atom is 0.133 e. The van der Waals surface area contributed by atoms with E-state index < -0.39 is 0 Å². The number of hydrogen-bond acceptors (Lipinski definition) is 3. The Balaban J connectivity index is 3.02. The molecule has 1 aromatic rings. The number of aromatic nitrogens is 2. The van der Waals surface area contributed by atoms with Gasteiger partial charge in [-0.3, -0.25) is 0 Å². The summed E-state index contributed by atoms with van der Waals surface area (Å²) in [7, 11) is 2.04. The molecule has 0 aliphatic rings. The molecule has 0 atom stereocenters. The summed E-state index contributed by atoms with van der Waals surface area (Å²) >= 11 is 3.39. The van der Waals surface area contributed by atoms with E-state index in [-0.39, 0.29) is 0 Å². The van der Waals surface area contributed by atoms with Crippen molar-refractivity contribution in [3.8, 4) is 0 Å². The van der Waals surface area contributed by atoms with E-state index in [1.165, 1.54) is 0 Å². The van der Waals surface area contributed by atoms with E-state index in [1.807, 2.05) is 13.1 Å². The van der Waals surface area contributed by atoms with Crippen molar-refractivity contribution in [3.05, 3.63) is 16.5 Å². The van der Waals surface area contributed by atoms with Gasteiger partial charge < -0.3 is 4.90 Å². The minimum atomic E-state index is 0.446. The fourth-order valence-electron chi connectivity index (χ4n) is 1.05. The summed E-state index contributed by atoms with van der Waals surface area (Å²) in [6.45, 7) is 6.34. The second kappa shape index (κ2) is 4.73. The zero-order valence-corrected chi connectivity index (χ0v) is 10.7. The first kappa shape index (κ1) is 11.4. The molecule has 0 aromatic carbocycles. The van der Waals surface area contributed by atoms with E-state index in [0.717, 1.165) is 22.7 Å². The largest absolute Gasteiger partial charge is 0.357 e. The van der Waals surface area contributed by atoms with Gasteiger partial charge in [0.1, 0.15) is 16.2 Å². The van der Waals surface area contributed by atoms with Crippen molar-refractivity contribution in [3.63, 3.8) is 0 Å². The van der Waals surface area contributed by atoms with Gasteiger partial charge in [0.15, 0.2) is 0 Å². The van der Waals surface area contributed by atoms with Crippen LogP contribution in [0.4, 0.5) is 5.82 Å². The Kier molecular flexibility index (Phi) is 3.86. The van der Waals surface area contributed by atoms with Crippen molar-refractivity contribution in [1.29, 1.82) is 0 Å². The first-order valence-electron chi connectivity index (χ1n) is 4.81. The van der Waals surface area contributed by atoms with Crippen molar-refractivity contribution in [2.24, 2.45) is 0 Å². The lowest BCUT2D eigenvalue weighted by atomic mass is 10.3. The molecule has 0 saturated heterocycles. The van der Waals surface area contributed by atoms with Gasteiger partial charge in [-0.05, 0) is 29.8 Å². The Labute approximate surface area is 93.7 Å². The molecule has 1 heterocycles. The van der Waals surface area contributed by atoms with E-state index in [1.54, 1.807) is 0 Å². The summed E-state index contributed by atoms with van der Waals surface area (Å²) in [4.78, 5) is 10.9. The number of halogens is 1. The minimum Gasteiger partial charge on any atom is -0.357 e. The second-order valence-electron chi connectivity index (χ2n) is 3.52. The first-order chi connectivity index (χ1) is 6.54. The number of rotatable bonds is 3. The van der Waals surface area contributed by atoms with Gasteiger partial charge >= 0.3 is 0 Å². The van der Waals surface area contributed by atoms with E-state index in [0.29, 0.717) is 6.04 Å². The predicted molar refractivity (Wildman–Crippen MR) is 62.6 cm³/mol. The van der Waals surface area contributed by atoms with Gasteiger partial charge in [-0.25, -0.2) is 9.97 Å². The summed E-state index contributed by atoms with van der Waals surface area (Å²) in [5, 5.41) is 0. The lowest BCUT2D eigenvalue weighted by Gasteiger charge is -2.22. The molecule has 78 valence electrons. The molecule has 0 spiro atoms. The Hall–Kier alpha value is -0.640. The molecule has 4 heteroatoms. The fraction of sp³-hybridized carbons (Fsp3) is 0.600. The van der Waals surface area contributed by atoms with Crippen molar-refractivity contribution in [2.75, 3.05) is 11.9 Å². The summed E-state index contributed by atoms with van der Waals surface area (Å²) < 4.78 is 0.854. The van der Waals surface area contributed by atoms with Crippen LogP contribution < -0.4 is 4.90 Å². The fourth-order valence-corrected chi connectivity index (χ4v) is 1.46. The van der Waals surface area contributed by atoms with Crippen LogP contribution in [-0.2, 0) is 6.42 Å². The lowest BCUT2D eigenvalue weighted by molar-refractivity contribution is 0.734. The molecule has 0 saturated carbocycles. The van der Waals surface area contributed by atoms with Crippen LogP contribution >= 0.6 is 15.9 Å². The smallest absolute Gasteiger partial charge is 0.133 e. The van der Waals surface area contributed by atoms with Gasteiger partial charge in [0, 0.05) is 25.6 Å². The van der Waals surface area contributed by atoms with E-state index in [4.69, 9.17) is 0 Å². The van der Waals surface area contributed by atoms with Crippen LogP contribution in [0.25, 0.3) is 0 Å². The molecule has 3 nitrogen and oxygen atoms in total. The van der Waals surface area contributed by atoms with Crippen LogP contribution in [-0.4, -0.2) is 23.1 Å². The highest BCUT2D eigenvalue weighted by atomic mass is 79.9. The molecule has 0 fully saturated rings. The summed E-state index contributed by atoms with van der Waals surface area (Å²) in [5.41, 5.74) is 0. The van der Waals surface area contributed by atoms with E-state index in [2.05, 4.69) is 51.6 Å². The highest BCUT2D eigenvalue weighted by molar-refractivity contribution is 9.10. The molecule has 0 aliphatic carbocycles. The number of anilines is 1.